The summed E-state index contributed by atoms with van der Waals surface area (Å²) in [5.41, 5.74) is 8.80. The van der Waals surface area contributed by atoms with Crippen molar-refractivity contribution >= 4 is 0 Å². The standard InChI is InChI=1S/C13H19F2N3/c14-10-5-4-6-11(15)13(10)12(9-16)17-18-7-2-1-3-8-18/h4-6,12,17H,1-3,7-9,16H2. The molecule has 1 aliphatic heterocycles. The van der Waals surface area contributed by atoms with Gasteiger partial charge in [0.2, 0.25) is 0 Å². The van der Waals surface area contributed by atoms with Gasteiger partial charge in [-0.15, -0.1) is 0 Å². The molecule has 0 saturated carbocycles. The highest BCUT2D eigenvalue weighted by Crippen LogP contribution is 2.21. The van der Waals surface area contributed by atoms with Crippen LogP contribution in [0.2, 0.25) is 0 Å². The maximum absolute atomic E-state index is 13.7. The van der Waals surface area contributed by atoms with Crippen molar-refractivity contribution in [2.24, 2.45) is 5.73 Å². The van der Waals surface area contributed by atoms with Gasteiger partial charge in [-0.1, -0.05) is 12.5 Å². The number of piperidine rings is 1. The summed E-state index contributed by atoms with van der Waals surface area (Å²) in [6.45, 7) is 1.95. The number of halogens is 2. The summed E-state index contributed by atoms with van der Waals surface area (Å²) in [4.78, 5) is 0. The van der Waals surface area contributed by atoms with E-state index >= 15 is 0 Å². The second kappa shape index (κ2) is 6.22. The zero-order valence-corrected chi connectivity index (χ0v) is 10.3. The van der Waals surface area contributed by atoms with Crippen LogP contribution in [-0.2, 0) is 0 Å². The van der Waals surface area contributed by atoms with Crippen molar-refractivity contribution in [1.82, 2.24) is 10.4 Å². The SMILES string of the molecule is NCC(NN1CCCCC1)c1c(F)cccc1F. The molecule has 1 fully saturated rings. The Morgan fingerprint density at radius 2 is 1.78 bits per heavy atom. The quantitative estimate of drug-likeness (QED) is 0.864. The number of benzene rings is 1. The highest BCUT2D eigenvalue weighted by Gasteiger charge is 2.21. The van der Waals surface area contributed by atoms with Gasteiger partial charge in [0.1, 0.15) is 11.6 Å². The fourth-order valence-corrected chi connectivity index (χ4v) is 2.32. The number of nitrogens with one attached hydrogen (secondary N) is 1. The zero-order chi connectivity index (χ0) is 13.0. The molecule has 0 bridgehead atoms. The van der Waals surface area contributed by atoms with E-state index in [0.29, 0.717) is 0 Å². The molecule has 1 aliphatic rings. The van der Waals surface area contributed by atoms with E-state index in [9.17, 15) is 8.78 Å². The van der Waals surface area contributed by atoms with Gasteiger partial charge in [0.15, 0.2) is 0 Å². The van der Waals surface area contributed by atoms with Gasteiger partial charge in [-0.2, -0.15) is 0 Å². The van der Waals surface area contributed by atoms with Crippen molar-refractivity contribution in [3.63, 3.8) is 0 Å². The molecule has 100 valence electrons. The average molecular weight is 255 g/mol. The largest absolute Gasteiger partial charge is 0.329 e. The third-order valence-electron chi connectivity index (χ3n) is 3.28. The van der Waals surface area contributed by atoms with Crippen molar-refractivity contribution in [3.8, 4) is 0 Å². The molecule has 5 heteroatoms. The molecule has 1 atom stereocenters. The topological polar surface area (TPSA) is 41.3 Å². The summed E-state index contributed by atoms with van der Waals surface area (Å²) in [5.74, 6) is -1.09. The normalized spacial score (nSPS) is 18.8. The summed E-state index contributed by atoms with van der Waals surface area (Å²) < 4.78 is 27.4. The number of hydrogen-bond acceptors (Lipinski definition) is 3. The Balaban J connectivity index is 2.12. The minimum atomic E-state index is -0.546. The Bertz CT molecular complexity index is 372. The van der Waals surface area contributed by atoms with Gasteiger partial charge in [-0.3, -0.25) is 0 Å². The monoisotopic (exact) mass is 255 g/mol. The molecule has 18 heavy (non-hydrogen) atoms. The van der Waals surface area contributed by atoms with Crippen LogP contribution in [0.3, 0.4) is 0 Å². The van der Waals surface area contributed by atoms with Gasteiger partial charge in [0, 0.05) is 25.2 Å². The highest BCUT2D eigenvalue weighted by atomic mass is 19.1. The molecule has 1 saturated heterocycles. The van der Waals surface area contributed by atoms with Gasteiger partial charge in [0.05, 0.1) is 6.04 Å². The minimum absolute atomic E-state index is 0.0329. The average Bonchev–Trinajstić information content (AvgIpc) is 2.38. The summed E-state index contributed by atoms with van der Waals surface area (Å²) in [6, 6.07) is 3.38. The lowest BCUT2D eigenvalue weighted by Gasteiger charge is -2.31. The smallest absolute Gasteiger partial charge is 0.131 e. The summed E-state index contributed by atoms with van der Waals surface area (Å²) in [5, 5.41) is 2.01. The minimum Gasteiger partial charge on any atom is -0.329 e. The Kier molecular flexibility index (Phi) is 4.63. The summed E-state index contributed by atoms with van der Waals surface area (Å²) in [7, 11) is 0. The summed E-state index contributed by atoms with van der Waals surface area (Å²) in [6.07, 6.45) is 3.41. The van der Waals surface area contributed by atoms with Gasteiger partial charge in [-0.25, -0.2) is 19.2 Å². The van der Waals surface area contributed by atoms with Crippen LogP contribution >= 0.6 is 0 Å². The molecule has 0 radical (unpaired) electrons. The van der Waals surface area contributed by atoms with E-state index in [4.69, 9.17) is 5.73 Å². The molecule has 3 N–H and O–H groups in total. The number of hydrazine groups is 1. The van der Waals surface area contributed by atoms with Crippen molar-refractivity contribution < 1.29 is 8.78 Å². The lowest BCUT2D eigenvalue weighted by atomic mass is 10.1. The molecule has 1 aromatic rings. The van der Waals surface area contributed by atoms with E-state index in [1.165, 1.54) is 24.6 Å². The van der Waals surface area contributed by atoms with E-state index < -0.39 is 17.7 Å². The van der Waals surface area contributed by atoms with Crippen LogP contribution < -0.4 is 11.2 Å². The predicted octanol–water partition coefficient (Wildman–Crippen LogP) is 1.96. The van der Waals surface area contributed by atoms with E-state index in [0.717, 1.165) is 25.9 Å². The molecule has 1 aromatic carbocycles. The third-order valence-corrected chi connectivity index (χ3v) is 3.28. The molecule has 0 aliphatic carbocycles. The first-order valence-corrected chi connectivity index (χ1v) is 6.37. The summed E-state index contributed by atoms with van der Waals surface area (Å²) >= 11 is 0. The van der Waals surface area contributed by atoms with Crippen LogP contribution in [0.1, 0.15) is 30.9 Å². The van der Waals surface area contributed by atoms with Crippen molar-refractivity contribution in [1.29, 1.82) is 0 Å². The highest BCUT2D eigenvalue weighted by molar-refractivity contribution is 5.23. The Morgan fingerprint density at radius 3 is 2.33 bits per heavy atom. The molecular weight excluding hydrogens is 236 g/mol. The number of rotatable bonds is 4. The zero-order valence-electron chi connectivity index (χ0n) is 10.3. The van der Waals surface area contributed by atoms with Crippen LogP contribution in [-0.4, -0.2) is 24.6 Å². The predicted molar refractivity (Wildman–Crippen MR) is 66.7 cm³/mol. The number of hydrogen-bond donors (Lipinski definition) is 2. The van der Waals surface area contributed by atoms with Crippen LogP contribution in [0.5, 0.6) is 0 Å². The second-order valence-corrected chi connectivity index (χ2v) is 4.60. The molecule has 0 aromatic heterocycles. The maximum atomic E-state index is 13.7. The first-order chi connectivity index (χ1) is 8.72. The molecule has 0 spiro atoms. The molecule has 3 nitrogen and oxygen atoms in total. The van der Waals surface area contributed by atoms with E-state index in [1.807, 2.05) is 5.01 Å². The number of nitrogens with two attached hydrogens (primary N) is 1. The van der Waals surface area contributed by atoms with Crippen LogP contribution in [0.25, 0.3) is 0 Å². The second-order valence-electron chi connectivity index (χ2n) is 4.60. The Morgan fingerprint density at radius 1 is 1.17 bits per heavy atom. The van der Waals surface area contributed by atoms with Crippen molar-refractivity contribution in [3.05, 3.63) is 35.4 Å². The number of nitrogens with zero attached hydrogens (tertiary/aromatic N) is 1. The van der Waals surface area contributed by atoms with Crippen LogP contribution in [0.15, 0.2) is 18.2 Å². The third kappa shape index (κ3) is 3.04. The van der Waals surface area contributed by atoms with Crippen LogP contribution in [0.4, 0.5) is 8.78 Å². The fraction of sp³-hybridized carbons (Fsp3) is 0.538. The molecule has 1 unspecified atom stereocenters. The lowest BCUT2D eigenvalue weighted by Crippen LogP contribution is -2.46. The first kappa shape index (κ1) is 13.4. The molecule has 1 heterocycles. The molecule has 2 rings (SSSR count). The Hall–Kier alpha value is -1.04. The molecular formula is C13H19F2N3. The first-order valence-electron chi connectivity index (χ1n) is 6.37. The van der Waals surface area contributed by atoms with Gasteiger partial charge >= 0.3 is 0 Å². The van der Waals surface area contributed by atoms with E-state index in [1.54, 1.807) is 0 Å². The van der Waals surface area contributed by atoms with Gasteiger partial charge in [0.25, 0.3) is 0 Å². The van der Waals surface area contributed by atoms with Crippen molar-refractivity contribution in [2.75, 3.05) is 19.6 Å². The van der Waals surface area contributed by atoms with E-state index in [-0.39, 0.29) is 12.1 Å². The lowest BCUT2D eigenvalue weighted by molar-refractivity contribution is 0.128. The maximum Gasteiger partial charge on any atom is 0.131 e. The van der Waals surface area contributed by atoms with Crippen LogP contribution in [0, 0.1) is 11.6 Å². The fourth-order valence-electron chi connectivity index (χ4n) is 2.32. The van der Waals surface area contributed by atoms with Crippen molar-refractivity contribution in [2.45, 2.75) is 25.3 Å². The van der Waals surface area contributed by atoms with E-state index in [2.05, 4.69) is 5.43 Å². The van der Waals surface area contributed by atoms with Gasteiger partial charge in [-0.05, 0) is 25.0 Å². The molecule has 0 amide bonds. The Labute approximate surface area is 106 Å². The van der Waals surface area contributed by atoms with Gasteiger partial charge < -0.3 is 5.73 Å².